The van der Waals surface area contributed by atoms with Gasteiger partial charge in [-0.3, -0.25) is 14.8 Å². The van der Waals surface area contributed by atoms with Crippen LogP contribution < -0.4 is 10.8 Å². The molecule has 3 rings (SSSR count). The molecule has 6 nitrogen and oxygen atoms in total. The van der Waals surface area contributed by atoms with E-state index in [0.29, 0.717) is 16.8 Å². The van der Waals surface area contributed by atoms with E-state index in [2.05, 4.69) is 5.32 Å². The molecule has 1 unspecified atom stereocenters. The third-order valence-corrected chi connectivity index (χ3v) is 3.93. The van der Waals surface area contributed by atoms with Crippen molar-refractivity contribution in [2.45, 2.75) is 12.6 Å². The van der Waals surface area contributed by atoms with Crippen molar-refractivity contribution in [2.75, 3.05) is 11.9 Å². The summed E-state index contributed by atoms with van der Waals surface area (Å²) in [5.74, 6) is -1.36. The number of anilines is 1. The molecule has 24 heavy (non-hydrogen) atoms. The SMILES string of the molecule is O=C(CCN1C(=O)c2ccccc2NC1c1ccccc1F)NO. The molecule has 0 aromatic heterocycles. The molecule has 0 saturated carbocycles. The maximum atomic E-state index is 14.2. The van der Waals surface area contributed by atoms with E-state index in [9.17, 15) is 14.0 Å². The number of hydroxylamine groups is 1. The summed E-state index contributed by atoms with van der Waals surface area (Å²) in [5, 5.41) is 11.8. The van der Waals surface area contributed by atoms with Crippen LogP contribution in [0.4, 0.5) is 10.1 Å². The normalized spacial score (nSPS) is 16.3. The average Bonchev–Trinajstić information content (AvgIpc) is 2.61. The molecule has 1 atom stereocenters. The van der Waals surface area contributed by atoms with Crippen molar-refractivity contribution in [2.24, 2.45) is 0 Å². The summed E-state index contributed by atoms with van der Waals surface area (Å²) in [6.07, 6.45) is -0.836. The van der Waals surface area contributed by atoms with Crippen LogP contribution in [0, 0.1) is 5.82 Å². The van der Waals surface area contributed by atoms with Crippen molar-refractivity contribution >= 4 is 17.5 Å². The molecule has 1 aliphatic heterocycles. The van der Waals surface area contributed by atoms with E-state index in [1.54, 1.807) is 42.5 Å². The molecule has 2 amide bonds. The van der Waals surface area contributed by atoms with Gasteiger partial charge in [-0.25, -0.2) is 9.87 Å². The predicted octanol–water partition coefficient (Wildman–Crippen LogP) is 2.29. The summed E-state index contributed by atoms with van der Waals surface area (Å²) in [4.78, 5) is 25.5. The van der Waals surface area contributed by atoms with Crippen LogP contribution in [-0.2, 0) is 4.79 Å². The van der Waals surface area contributed by atoms with Gasteiger partial charge in [0.1, 0.15) is 12.0 Å². The van der Waals surface area contributed by atoms with E-state index in [1.165, 1.54) is 16.4 Å². The number of rotatable bonds is 4. The Morgan fingerprint density at radius 1 is 1.21 bits per heavy atom. The number of nitrogens with zero attached hydrogens (tertiary/aromatic N) is 1. The highest BCUT2D eigenvalue weighted by Gasteiger charge is 2.34. The summed E-state index contributed by atoms with van der Waals surface area (Å²) in [6, 6.07) is 13.1. The zero-order valence-electron chi connectivity index (χ0n) is 12.7. The lowest BCUT2D eigenvalue weighted by Gasteiger charge is -2.38. The number of amides is 2. The largest absolute Gasteiger partial charge is 0.361 e. The quantitative estimate of drug-likeness (QED) is 0.594. The molecule has 1 aliphatic rings. The van der Waals surface area contributed by atoms with Gasteiger partial charge in [0.25, 0.3) is 5.91 Å². The first-order valence-corrected chi connectivity index (χ1v) is 7.45. The molecule has 2 aromatic carbocycles. The van der Waals surface area contributed by atoms with E-state index in [4.69, 9.17) is 5.21 Å². The van der Waals surface area contributed by atoms with Gasteiger partial charge in [-0.15, -0.1) is 0 Å². The molecule has 0 bridgehead atoms. The third-order valence-electron chi connectivity index (χ3n) is 3.93. The van der Waals surface area contributed by atoms with Crippen LogP contribution in [0.15, 0.2) is 48.5 Å². The zero-order chi connectivity index (χ0) is 17.1. The van der Waals surface area contributed by atoms with Crippen molar-refractivity contribution in [1.82, 2.24) is 10.4 Å². The van der Waals surface area contributed by atoms with Crippen molar-refractivity contribution in [3.05, 3.63) is 65.5 Å². The van der Waals surface area contributed by atoms with E-state index in [-0.39, 0.29) is 18.9 Å². The maximum absolute atomic E-state index is 14.2. The second-order valence-electron chi connectivity index (χ2n) is 5.40. The summed E-state index contributed by atoms with van der Waals surface area (Å²) >= 11 is 0. The molecule has 0 aliphatic carbocycles. The molecule has 0 spiro atoms. The molecular weight excluding hydrogens is 313 g/mol. The lowest BCUT2D eigenvalue weighted by Crippen LogP contribution is -2.44. The molecule has 0 fully saturated rings. The zero-order valence-corrected chi connectivity index (χ0v) is 12.7. The summed E-state index contributed by atoms with van der Waals surface area (Å²) in [5.41, 5.74) is 2.91. The van der Waals surface area contributed by atoms with Gasteiger partial charge in [-0.1, -0.05) is 30.3 Å². The second kappa shape index (κ2) is 6.67. The summed E-state index contributed by atoms with van der Waals surface area (Å²) < 4.78 is 14.2. The molecule has 2 aromatic rings. The minimum Gasteiger partial charge on any atom is -0.361 e. The van der Waals surface area contributed by atoms with Crippen LogP contribution in [0.3, 0.4) is 0 Å². The Balaban J connectivity index is 1.99. The third kappa shape index (κ3) is 2.93. The number of carbonyl (C=O) groups excluding carboxylic acids is 2. The fraction of sp³-hybridized carbons (Fsp3) is 0.176. The number of hydrogen-bond acceptors (Lipinski definition) is 4. The van der Waals surface area contributed by atoms with Gasteiger partial charge in [0, 0.05) is 24.2 Å². The number of para-hydroxylation sites is 1. The standard InChI is InChI=1S/C17H16FN3O3/c18-13-7-3-1-5-11(13)16-19-14-8-4-2-6-12(14)17(23)21(16)10-9-15(22)20-24/h1-8,16,19,24H,9-10H2,(H,20,22). The highest BCUT2D eigenvalue weighted by Crippen LogP contribution is 2.33. The average molecular weight is 329 g/mol. The van der Waals surface area contributed by atoms with Gasteiger partial charge >= 0.3 is 0 Å². The first kappa shape index (κ1) is 15.9. The first-order valence-electron chi connectivity index (χ1n) is 7.45. The number of fused-ring (bicyclic) bond motifs is 1. The van der Waals surface area contributed by atoms with Gasteiger partial charge in [0.05, 0.1) is 5.56 Å². The van der Waals surface area contributed by atoms with Crippen LogP contribution in [0.1, 0.15) is 28.5 Å². The molecule has 124 valence electrons. The van der Waals surface area contributed by atoms with Crippen LogP contribution in [0.2, 0.25) is 0 Å². The van der Waals surface area contributed by atoms with Gasteiger partial charge in [0.2, 0.25) is 5.91 Å². The molecule has 0 saturated heterocycles. The Labute approximate surface area is 137 Å². The smallest absolute Gasteiger partial charge is 0.257 e. The van der Waals surface area contributed by atoms with Crippen molar-refractivity contribution in [3.8, 4) is 0 Å². The number of hydrogen-bond donors (Lipinski definition) is 3. The van der Waals surface area contributed by atoms with Crippen LogP contribution in [0.25, 0.3) is 0 Å². The number of benzene rings is 2. The van der Waals surface area contributed by atoms with Crippen molar-refractivity contribution in [1.29, 1.82) is 0 Å². The Kier molecular flexibility index (Phi) is 4.43. The highest BCUT2D eigenvalue weighted by molar-refractivity contribution is 6.01. The molecule has 1 heterocycles. The topological polar surface area (TPSA) is 81.7 Å². The van der Waals surface area contributed by atoms with E-state index < -0.39 is 17.9 Å². The van der Waals surface area contributed by atoms with Crippen molar-refractivity contribution in [3.63, 3.8) is 0 Å². The fourth-order valence-corrected chi connectivity index (χ4v) is 2.74. The van der Waals surface area contributed by atoms with Gasteiger partial charge in [0.15, 0.2) is 0 Å². The lowest BCUT2D eigenvalue weighted by atomic mass is 10.0. The Morgan fingerprint density at radius 3 is 2.67 bits per heavy atom. The van der Waals surface area contributed by atoms with Gasteiger partial charge < -0.3 is 10.2 Å². The van der Waals surface area contributed by atoms with Gasteiger partial charge in [-0.2, -0.15) is 0 Å². The van der Waals surface area contributed by atoms with E-state index in [0.717, 1.165) is 0 Å². The predicted molar refractivity (Wildman–Crippen MR) is 84.8 cm³/mol. The fourth-order valence-electron chi connectivity index (χ4n) is 2.74. The van der Waals surface area contributed by atoms with Crippen molar-refractivity contribution < 1.29 is 19.2 Å². The number of nitrogens with one attached hydrogen (secondary N) is 2. The number of carbonyl (C=O) groups is 2. The minimum atomic E-state index is -0.736. The number of halogens is 1. The second-order valence-corrected chi connectivity index (χ2v) is 5.40. The Bertz CT molecular complexity index is 781. The monoisotopic (exact) mass is 329 g/mol. The highest BCUT2D eigenvalue weighted by atomic mass is 19.1. The molecule has 7 heteroatoms. The molecular formula is C17H16FN3O3. The maximum Gasteiger partial charge on any atom is 0.257 e. The van der Waals surface area contributed by atoms with Crippen LogP contribution >= 0.6 is 0 Å². The van der Waals surface area contributed by atoms with Crippen LogP contribution in [-0.4, -0.2) is 28.5 Å². The minimum absolute atomic E-state index is 0.0333. The van der Waals surface area contributed by atoms with Gasteiger partial charge in [-0.05, 0) is 18.2 Å². The molecule has 3 N–H and O–H groups in total. The summed E-state index contributed by atoms with van der Waals surface area (Å²) in [6.45, 7) is 0.0333. The molecule has 0 radical (unpaired) electrons. The lowest BCUT2D eigenvalue weighted by molar-refractivity contribution is -0.129. The Hall–Kier alpha value is -2.93. The van der Waals surface area contributed by atoms with E-state index >= 15 is 0 Å². The first-order chi connectivity index (χ1) is 11.6. The Morgan fingerprint density at radius 2 is 1.92 bits per heavy atom. The van der Waals surface area contributed by atoms with E-state index in [1.807, 2.05) is 0 Å². The van der Waals surface area contributed by atoms with Crippen LogP contribution in [0.5, 0.6) is 0 Å². The summed E-state index contributed by atoms with van der Waals surface area (Å²) in [7, 11) is 0.